The molecule has 2 aromatic heterocycles. The van der Waals surface area contributed by atoms with Crippen molar-refractivity contribution in [2.45, 2.75) is 33.2 Å². The first-order valence-corrected chi connectivity index (χ1v) is 11.0. The minimum Gasteiger partial charge on any atom is -0.383 e. The van der Waals surface area contributed by atoms with Crippen LogP contribution < -0.4 is 9.80 Å². The lowest BCUT2D eigenvalue weighted by atomic mass is 10.0. The normalized spacial score (nSPS) is 16.6. The van der Waals surface area contributed by atoms with Crippen molar-refractivity contribution in [3.05, 3.63) is 33.5 Å². The Morgan fingerprint density at radius 3 is 2.80 bits per heavy atom. The molecule has 0 unspecified atom stereocenters. The second kappa shape index (κ2) is 8.31. The number of carbonyl (C=O) groups is 2. The van der Waals surface area contributed by atoms with E-state index in [2.05, 4.69) is 16.8 Å². The number of hydrogen-bond donors (Lipinski definition) is 0. The van der Waals surface area contributed by atoms with Gasteiger partial charge in [-0.1, -0.05) is 6.92 Å². The van der Waals surface area contributed by atoms with Crippen LogP contribution >= 0.6 is 11.3 Å². The van der Waals surface area contributed by atoms with Crippen LogP contribution in [0.4, 0.5) is 10.9 Å². The maximum absolute atomic E-state index is 13.1. The Bertz CT molecular complexity index is 989. The van der Waals surface area contributed by atoms with Crippen molar-refractivity contribution >= 4 is 34.1 Å². The molecule has 160 valence electrons. The Balaban J connectivity index is 1.71. The van der Waals surface area contributed by atoms with Crippen molar-refractivity contribution in [3.8, 4) is 0 Å². The van der Waals surface area contributed by atoms with Crippen molar-refractivity contribution in [3.63, 3.8) is 0 Å². The second-order valence-corrected chi connectivity index (χ2v) is 8.79. The first-order valence-electron chi connectivity index (χ1n) is 10.2. The van der Waals surface area contributed by atoms with E-state index in [9.17, 15) is 9.59 Å². The average Bonchev–Trinajstić information content (AvgIpc) is 3.08. The maximum Gasteiger partial charge on any atom is 0.257 e. The van der Waals surface area contributed by atoms with Gasteiger partial charge in [-0.25, -0.2) is 9.97 Å². The van der Waals surface area contributed by atoms with Crippen LogP contribution in [0.3, 0.4) is 0 Å². The number of thiophene rings is 1. The van der Waals surface area contributed by atoms with E-state index in [1.54, 1.807) is 19.1 Å². The summed E-state index contributed by atoms with van der Waals surface area (Å²) in [6, 6.07) is 0. The Kier molecular flexibility index (Phi) is 5.75. The molecular weight excluding hydrogens is 402 g/mol. The van der Waals surface area contributed by atoms with Gasteiger partial charge in [-0.05, 0) is 30.9 Å². The zero-order chi connectivity index (χ0) is 21.4. The Morgan fingerprint density at radius 2 is 2.07 bits per heavy atom. The lowest BCUT2D eigenvalue weighted by Crippen LogP contribution is -2.39. The first kappa shape index (κ1) is 20.7. The predicted octanol–water partition coefficient (Wildman–Crippen LogP) is 2.04. The van der Waals surface area contributed by atoms with Gasteiger partial charge in [-0.2, -0.15) is 0 Å². The summed E-state index contributed by atoms with van der Waals surface area (Å²) >= 11 is 1.54. The minimum absolute atomic E-state index is 0.0773. The summed E-state index contributed by atoms with van der Waals surface area (Å²) in [5.41, 5.74) is 3.89. The first-order chi connectivity index (χ1) is 14.4. The smallest absolute Gasteiger partial charge is 0.257 e. The van der Waals surface area contributed by atoms with Crippen LogP contribution in [0, 0.1) is 6.92 Å². The van der Waals surface area contributed by atoms with Crippen LogP contribution in [0.2, 0.25) is 0 Å². The molecule has 0 atom stereocenters. The van der Waals surface area contributed by atoms with Crippen molar-refractivity contribution < 1.29 is 14.3 Å². The molecule has 2 aliphatic rings. The van der Waals surface area contributed by atoms with Crippen LogP contribution in [-0.2, 0) is 28.9 Å². The number of hydrogen-bond acceptors (Lipinski definition) is 7. The van der Waals surface area contributed by atoms with Gasteiger partial charge in [0.1, 0.15) is 11.5 Å². The van der Waals surface area contributed by atoms with Gasteiger partial charge >= 0.3 is 0 Å². The molecule has 0 aromatic carbocycles. The van der Waals surface area contributed by atoms with Crippen molar-refractivity contribution in [1.29, 1.82) is 0 Å². The summed E-state index contributed by atoms with van der Waals surface area (Å²) in [7, 11) is 3.30. The number of ether oxygens (including phenoxy) is 1. The maximum atomic E-state index is 13.1. The number of anilines is 2. The van der Waals surface area contributed by atoms with E-state index in [1.807, 2.05) is 13.1 Å². The molecule has 8 nitrogen and oxygen atoms in total. The number of fused-ring (bicyclic) bond motifs is 3. The molecule has 0 aliphatic carbocycles. The molecule has 9 heteroatoms. The van der Waals surface area contributed by atoms with Gasteiger partial charge in [0.05, 0.1) is 25.3 Å². The van der Waals surface area contributed by atoms with E-state index in [1.165, 1.54) is 16.2 Å². The highest BCUT2D eigenvalue weighted by Crippen LogP contribution is 2.41. The summed E-state index contributed by atoms with van der Waals surface area (Å²) < 4.78 is 5.20. The summed E-state index contributed by atoms with van der Waals surface area (Å²) in [5, 5.41) is 0.748. The van der Waals surface area contributed by atoms with E-state index in [0.717, 1.165) is 52.0 Å². The second-order valence-electron chi connectivity index (χ2n) is 7.71. The number of aromatic nitrogens is 2. The van der Waals surface area contributed by atoms with E-state index in [4.69, 9.17) is 9.72 Å². The van der Waals surface area contributed by atoms with Gasteiger partial charge < -0.3 is 14.5 Å². The molecule has 2 aliphatic heterocycles. The lowest BCUT2D eigenvalue weighted by molar-refractivity contribution is -0.119. The van der Waals surface area contributed by atoms with Crippen LogP contribution in [-0.4, -0.2) is 67.1 Å². The third kappa shape index (κ3) is 3.56. The summed E-state index contributed by atoms with van der Waals surface area (Å²) in [6.07, 6.45) is 3.47. The molecule has 0 saturated heterocycles. The van der Waals surface area contributed by atoms with Crippen LogP contribution in [0.5, 0.6) is 0 Å². The number of aryl methyl sites for hydroxylation is 2. The summed E-state index contributed by atoms with van der Waals surface area (Å²) in [4.78, 5) is 41.7. The van der Waals surface area contributed by atoms with E-state index >= 15 is 0 Å². The monoisotopic (exact) mass is 429 g/mol. The molecular formula is C21H27N5O3S. The highest BCUT2D eigenvalue weighted by Gasteiger charge is 2.37. The molecule has 0 bridgehead atoms. The van der Waals surface area contributed by atoms with Crippen LogP contribution in [0.1, 0.15) is 39.0 Å². The number of rotatable bonds is 5. The van der Waals surface area contributed by atoms with E-state index in [0.29, 0.717) is 25.3 Å². The Labute approximate surface area is 180 Å². The van der Waals surface area contributed by atoms with Gasteiger partial charge in [0, 0.05) is 37.5 Å². The topological polar surface area (TPSA) is 78.9 Å². The zero-order valence-electron chi connectivity index (χ0n) is 17.9. The Hall–Kier alpha value is -2.52. The molecule has 2 aromatic rings. The van der Waals surface area contributed by atoms with E-state index < -0.39 is 0 Å². The lowest BCUT2D eigenvalue weighted by Gasteiger charge is -2.28. The number of methoxy groups -OCH3 is 1. The Morgan fingerprint density at radius 1 is 1.27 bits per heavy atom. The molecule has 4 heterocycles. The molecule has 0 N–H and O–H groups in total. The number of likely N-dealkylation sites (N-methyl/N-ethyl adjacent to an activating group) is 1. The highest BCUT2D eigenvalue weighted by atomic mass is 32.1. The predicted molar refractivity (Wildman–Crippen MR) is 116 cm³/mol. The molecule has 4 rings (SSSR count). The van der Waals surface area contributed by atoms with Gasteiger partial charge in [-0.15, -0.1) is 11.3 Å². The molecule has 0 fully saturated rings. The fourth-order valence-electron chi connectivity index (χ4n) is 4.02. The molecule has 2 amide bonds. The van der Waals surface area contributed by atoms with Crippen molar-refractivity contribution in [2.24, 2.45) is 0 Å². The van der Waals surface area contributed by atoms with E-state index in [-0.39, 0.29) is 18.4 Å². The largest absolute Gasteiger partial charge is 0.383 e. The quantitative estimate of drug-likeness (QED) is 0.724. The minimum atomic E-state index is -0.0796. The number of amides is 2. The SMILES string of the molecule is CCc1nc(N2CCc3c(sc4c3C(=O)N(C)CC(=O)N4CCOC)C2)ncc1C. The fraction of sp³-hybridized carbons (Fsp3) is 0.524. The summed E-state index contributed by atoms with van der Waals surface area (Å²) in [5.74, 6) is 0.568. The van der Waals surface area contributed by atoms with Crippen molar-refractivity contribution in [1.82, 2.24) is 14.9 Å². The van der Waals surface area contributed by atoms with Gasteiger partial charge in [0.2, 0.25) is 11.9 Å². The molecule has 0 saturated carbocycles. The zero-order valence-corrected chi connectivity index (χ0v) is 18.7. The van der Waals surface area contributed by atoms with Gasteiger partial charge in [0.15, 0.2) is 0 Å². The molecule has 0 spiro atoms. The van der Waals surface area contributed by atoms with Crippen molar-refractivity contribution in [2.75, 3.05) is 50.2 Å². The standard InChI is InChI=1S/C21H27N5O3S/c1-5-15-13(2)10-22-21(23-15)25-7-6-14-16(11-25)30-20-18(14)19(28)24(3)12-17(27)26(20)8-9-29-4/h10H,5-9,11-12H2,1-4H3. The molecule has 0 radical (unpaired) electrons. The number of carbonyl (C=O) groups excluding carboxylic acids is 2. The number of nitrogens with zero attached hydrogens (tertiary/aromatic N) is 5. The van der Waals surface area contributed by atoms with Crippen LogP contribution in [0.15, 0.2) is 6.20 Å². The third-order valence-corrected chi connectivity index (χ3v) is 6.96. The van der Waals surface area contributed by atoms with Gasteiger partial charge in [0.25, 0.3) is 5.91 Å². The fourth-order valence-corrected chi connectivity index (χ4v) is 5.42. The van der Waals surface area contributed by atoms with Gasteiger partial charge in [-0.3, -0.25) is 14.5 Å². The third-order valence-electron chi connectivity index (χ3n) is 5.72. The summed E-state index contributed by atoms with van der Waals surface area (Å²) in [6.45, 7) is 6.45. The average molecular weight is 430 g/mol. The van der Waals surface area contributed by atoms with Crippen LogP contribution in [0.25, 0.3) is 0 Å². The highest BCUT2D eigenvalue weighted by molar-refractivity contribution is 7.17. The molecule has 30 heavy (non-hydrogen) atoms.